The van der Waals surface area contributed by atoms with Gasteiger partial charge in [-0.1, -0.05) is 31.4 Å². The molecule has 1 aliphatic rings. The van der Waals surface area contributed by atoms with Crippen LogP contribution in [0.2, 0.25) is 0 Å². The van der Waals surface area contributed by atoms with Crippen LogP contribution in [0.5, 0.6) is 0 Å². The Morgan fingerprint density at radius 1 is 1.11 bits per heavy atom. The SMILES string of the molecule is CS(=O)(=O)Nc1ccccc1C(=O)OCC(=O)NC(=O)NC1CCCCC1. The van der Waals surface area contributed by atoms with Crippen molar-refractivity contribution in [2.24, 2.45) is 0 Å². The summed E-state index contributed by atoms with van der Waals surface area (Å²) in [7, 11) is -3.58. The minimum atomic E-state index is -3.58. The first-order chi connectivity index (χ1) is 12.7. The zero-order valence-corrected chi connectivity index (χ0v) is 15.8. The third kappa shape index (κ3) is 7.26. The number of ether oxygens (including phenoxy) is 1. The molecule has 9 nitrogen and oxygen atoms in total. The molecule has 0 aliphatic heterocycles. The van der Waals surface area contributed by atoms with Crippen LogP contribution in [0.4, 0.5) is 10.5 Å². The van der Waals surface area contributed by atoms with E-state index < -0.39 is 34.5 Å². The van der Waals surface area contributed by atoms with Crippen LogP contribution in [0, 0.1) is 0 Å². The Balaban J connectivity index is 1.84. The third-order valence-corrected chi connectivity index (χ3v) is 4.56. The first-order valence-corrected chi connectivity index (χ1v) is 10.5. The molecule has 1 saturated carbocycles. The molecule has 3 amide bonds. The highest BCUT2D eigenvalue weighted by Crippen LogP contribution is 2.18. The largest absolute Gasteiger partial charge is 0.452 e. The van der Waals surface area contributed by atoms with E-state index in [1.165, 1.54) is 18.2 Å². The van der Waals surface area contributed by atoms with Gasteiger partial charge in [0.1, 0.15) is 0 Å². The molecular formula is C17H23N3O6S. The van der Waals surface area contributed by atoms with E-state index in [0.29, 0.717) is 0 Å². The number of hydrogen-bond donors (Lipinski definition) is 3. The molecule has 0 bridgehead atoms. The van der Waals surface area contributed by atoms with Gasteiger partial charge in [0.15, 0.2) is 6.61 Å². The lowest BCUT2D eigenvalue weighted by Gasteiger charge is -2.22. The smallest absolute Gasteiger partial charge is 0.340 e. The molecule has 1 aromatic rings. The number of carbonyl (C=O) groups is 3. The van der Waals surface area contributed by atoms with Crippen molar-refractivity contribution < 1.29 is 27.5 Å². The summed E-state index contributed by atoms with van der Waals surface area (Å²) in [5.74, 6) is -1.66. The van der Waals surface area contributed by atoms with Gasteiger partial charge in [0, 0.05) is 6.04 Å². The van der Waals surface area contributed by atoms with Gasteiger partial charge in [0.2, 0.25) is 10.0 Å². The fourth-order valence-corrected chi connectivity index (χ4v) is 3.37. The summed E-state index contributed by atoms with van der Waals surface area (Å²) in [6.07, 6.45) is 5.92. The van der Waals surface area contributed by atoms with E-state index in [2.05, 4.69) is 15.4 Å². The van der Waals surface area contributed by atoms with Crippen molar-refractivity contribution in [3.63, 3.8) is 0 Å². The number of urea groups is 1. The fourth-order valence-electron chi connectivity index (χ4n) is 2.79. The van der Waals surface area contributed by atoms with E-state index in [0.717, 1.165) is 38.4 Å². The number of nitrogens with one attached hydrogen (secondary N) is 3. The van der Waals surface area contributed by atoms with Crippen LogP contribution in [0.15, 0.2) is 24.3 Å². The lowest BCUT2D eigenvalue weighted by molar-refractivity contribution is -0.123. The van der Waals surface area contributed by atoms with Gasteiger partial charge in [-0.2, -0.15) is 0 Å². The quantitative estimate of drug-likeness (QED) is 0.622. The first-order valence-electron chi connectivity index (χ1n) is 8.59. The van der Waals surface area contributed by atoms with Crippen molar-refractivity contribution in [1.82, 2.24) is 10.6 Å². The normalized spacial score (nSPS) is 14.9. The fraction of sp³-hybridized carbons (Fsp3) is 0.471. The molecule has 0 radical (unpaired) electrons. The van der Waals surface area contributed by atoms with Crippen LogP contribution < -0.4 is 15.4 Å². The molecule has 0 saturated heterocycles. The lowest BCUT2D eigenvalue weighted by atomic mass is 9.96. The van der Waals surface area contributed by atoms with Gasteiger partial charge in [0.25, 0.3) is 5.91 Å². The number of hydrogen-bond acceptors (Lipinski definition) is 6. The molecule has 0 atom stereocenters. The highest BCUT2D eigenvalue weighted by Gasteiger charge is 2.19. The number of para-hydroxylation sites is 1. The minimum absolute atomic E-state index is 0.0395. The van der Waals surface area contributed by atoms with Crippen molar-refractivity contribution in [3.8, 4) is 0 Å². The molecule has 1 aromatic carbocycles. The maximum Gasteiger partial charge on any atom is 0.340 e. The zero-order valence-electron chi connectivity index (χ0n) is 15.0. The number of anilines is 1. The van der Waals surface area contributed by atoms with Crippen LogP contribution >= 0.6 is 0 Å². The summed E-state index contributed by atoms with van der Waals surface area (Å²) >= 11 is 0. The molecule has 0 heterocycles. The summed E-state index contributed by atoms with van der Waals surface area (Å²) in [6.45, 7) is -0.663. The summed E-state index contributed by atoms with van der Waals surface area (Å²) < 4.78 is 29.8. The van der Waals surface area contributed by atoms with Crippen molar-refractivity contribution in [1.29, 1.82) is 0 Å². The molecule has 10 heteroatoms. The molecule has 27 heavy (non-hydrogen) atoms. The molecule has 1 aliphatic carbocycles. The maximum absolute atomic E-state index is 12.1. The van der Waals surface area contributed by atoms with Crippen molar-refractivity contribution >= 4 is 33.6 Å². The second-order valence-electron chi connectivity index (χ2n) is 6.35. The van der Waals surface area contributed by atoms with Crippen LogP contribution in [-0.2, 0) is 19.6 Å². The topological polar surface area (TPSA) is 131 Å². The van der Waals surface area contributed by atoms with E-state index in [1.54, 1.807) is 6.07 Å². The predicted molar refractivity (Wildman–Crippen MR) is 98.7 cm³/mol. The number of benzene rings is 1. The van der Waals surface area contributed by atoms with Crippen LogP contribution in [0.1, 0.15) is 42.5 Å². The Morgan fingerprint density at radius 2 is 1.78 bits per heavy atom. The number of esters is 1. The Kier molecular flexibility index (Phi) is 7.17. The molecular weight excluding hydrogens is 374 g/mol. The number of imide groups is 1. The average Bonchev–Trinajstić information content (AvgIpc) is 2.59. The van der Waals surface area contributed by atoms with E-state index in [1.807, 2.05) is 0 Å². The zero-order chi connectivity index (χ0) is 19.9. The maximum atomic E-state index is 12.1. The molecule has 148 valence electrons. The number of sulfonamides is 1. The van der Waals surface area contributed by atoms with Crippen LogP contribution in [-0.4, -0.2) is 45.2 Å². The molecule has 2 rings (SSSR count). The van der Waals surface area contributed by atoms with Gasteiger partial charge in [-0.05, 0) is 25.0 Å². The Morgan fingerprint density at radius 3 is 2.44 bits per heavy atom. The lowest BCUT2D eigenvalue weighted by Crippen LogP contribution is -2.46. The van der Waals surface area contributed by atoms with E-state index >= 15 is 0 Å². The first kappa shape index (κ1) is 20.7. The average molecular weight is 397 g/mol. The van der Waals surface area contributed by atoms with Gasteiger partial charge in [-0.3, -0.25) is 14.8 Å². The predicted octanol–water partition coefficient (Wildman–Crippen LogP) is 1.37. The number of carbonyl (C=O) groups excluding carboxylic acids is 3. The van der Waals surface area contributed by atoms with Crippen LogP contribution in [0.3, 0.4) is 0 Å². The standard InChI is InChI=1S/C17H23N3O6S/c1-27(24,25)20-14-10-6-5-9-13(14)16(22)26-11-15(21)19-17(23)18-12-7-3-2-4-8-12/h5-6,9-10,12,20H,2-4,7-8,11H2,1H3,(H2,18,19,21,23). The van der Waals surface area contributed by atoms with Crippen molar-refractivity contribution in [2.45, 2.75) is 38.1 Å². The third-order valence-electron chi connectivity index (χ3n) is 3.97. The summed E-state index contributed by atoms with van der Waals surface area (Å²) in [5, 5.41) is 4.83. The Labute approximate surface area is 157 Å². The monoisotopic (exact) mass is 397 g/mol. The van der Waals surface area contributed by atoms with Crippen LogP contribution in [0.25, 0.3) is 0 Å². The van der Waals surface area contributed by atoms with Gasteiger partial charge < -0.3 is 10.1 Å². The molecule has 0 aromatic heterocycles. The highest BCUT2D eigenvalue weighted by molar-refractivity contribution is 7.92. The molecule has 3 N–H and O–H groups in total. The summed E-state index contributed by atoms with van der Waals surface area (Å²) in [6, 6.07) is 5.26. The number of rotatable bonds is 6. The second kappa shape index (κ2) is 9.36. The second-order valence-corrected chi connectivity index (χ2v) is 8.10. The molecule has 0 unspecified atom stereocenters. The summed E-state index contributed by atoms with van der Waals surface area (Å²) in [5.41, 5.74) is 0.00262. The summed E-state index contributed by atoms with van der Waals surface area (Å²) in [4.78, 5) is 35.7. The van der Waals surface area contributed by atoms with Gasteiger partial charge >= 0.3 is 12.0 Å². The minimum Gasteiger partial charge on any atom is -0.452 e. The highest BCUT2D eigenvalue weighted by atomic mass is 32.2. The Hall–Kier alpha value is -2.62. The van der Waals surface area contributed by atoms with E-state index in [9.17, 15) is 22.8 Å². The Bertz CT molecular complexity index is 803. The van der Waals surface area contributed by atoms with E-state index in [-0.39, 0.29) is 17.3 Å². The van der Waals surface area contributed by atoms with Gasteiger partial charge in [-0.15, -0.1) is 0 Å². The van der Waals surface area contributed by atoms with Crippen molar-refractivity contribution in [3.05, 3.63) is 29.8 Å². The van der Waals surface area contributed by atoms with Gasteiger partial charge in [-0.25, -0.2) is 18.0 Å². The van der Waals surface area contributed by atoms with Crippen molar-refractivity contribution in [2.75, 3.05) is 17.6 Å². The molecule has 1 fully saturated rings. The van der Waals surface area contributed by atoms with E-state index in [4.69, 9.17) is 4.74 Å². The molecule has 0 spiro atoms. The van der Waals surface area contributed by atoms with Gasteiger partial charge in [0.05, 0.1) is 17.5 Å². The number of amides is 3.